The Labute approximate surface area is 290 Å². The molecule has 0 unspecified atom stereocenters. The van der Waals surface area contributed by atoms with Crippen molar-refractivity contribution in [1.82, 2.24) is 0 Å². The third-order valence-electron chi connectivity index (χ3n) is 7.32. The summed E-state index contributed by atoms with van der Waals surface area (Å²) < 4.78 is 34.1. The fourth-order valence-corrected chi connectivity index (χ4v) is 4.92. The van der Waals surface area contributed by atoms with Crippen molar-refractivity contribution in [2.24, 2.45) is 0 Å². The van der Waals surface area contributed by atoms with E-state index < -0.39 is 10.4 Å². The monoisotopic (exact) mass is 602 g/mol. The van der Waals surface area contributed by atoms with Gasteiger partial charge in [0.2, 0.25) is 0 Å². The van der Waals surface area contributed by atoms with Crippen LogP contribution in [0.4, 0.5) is 0 Å². The molecule has 0 saturated heterocycles. The summed E-state index contributed by atoms with van der Waals surface area (Å²) in [6.07, 6.45) is 31.0. The second-order valence-electron chi connectivity index (χ2n) is 11.2. The predicted octanol–water partition coefficient (Wildman–Crippen LogP) is 4.97. The molecule has 4 nitrogen and oxygen atoms in total. The molecule has 0 aliphatic rings. The molecule has 0 spiro atoms. The summed E-state index contributed by atoms with van der Waals surface area (Å²) in [6.45, 7) is 4.57. The van der Waals surface area contributed by atoms with Gasteiger partial charge < -0.3 is 9.11 Å². The Kier molecular flexibility index (Phi) is 39.3. The molecular weight excluding hydrogens is 542 g/mol. The van der Waals surface area contributed by atoms with Crippen molar-refractivity contribution in [3.8, 4) is 0 Å². The van der Waals surface area contributed by atoms with E-state index in [0.29, 0.717) is 0 Å². The van der Waals surface area contributed by atoms with Crippen LogP contribution in [0.5, 0.6) is 0 Å². The van der Waals surface area contributed by atoms with Gasteiger partial charge in [0.25, 0.3) is 0 Å². The third-order valence-corrected chi connectivity index (χ3v) is 7.32. The van der Waals surface area contributed by atoms with Crippen LogP contribution in [0.25, 0.3) is 0 Å². The summed E-state index contributed by atoms with van der Waals surface area (Å²) in [5, 5.41) is 0. The summed E-state index contributed by atoms with van der Waals surface area (Å²) in [7, 11) is -5.17. The Bertz CT molecular complexity index is 813. The van der Waals surface area contributed by atoms with Crippen LogP contribution in [0.3, 0.4) is 0 Å². The predicted molar refractivity (Wildman–Crippen MR) is 174 cm³/mol. The number of aryl methyl sites for hydroxylation is 2. The van der Waals surface area contributed by atoms with Gasteiger partial charge in [-0.2, -0.15) is 0 Å². The maximum absolute atomic E-state index is 8.52. The summed E-state index contributed by atoms with van der Waals surface area (Å²) in [5.41, 5.74) is 2.99. The number of hydrogen-bond acceptors (Lipinski definition) is 4. The summed E-state index contributed by atoms with van der Waals surface area (Å²) in [5.74, 6) is 0. The standard InChI is InChI=1S/2C18H30.2Li.H2O4S/c2*1-2-3-4-5-6-7-8-9-10-12-15-18-16-13-11-14-17-18;;;1-5(2,3)4/h2*11,13-14,16-17H,2-10,12,15H2,1H3;;;(H2,1,2,3,4)/q;;2*+1;/p-2. The molecule has 0 saturated carbocycles. The van der Waals surface area contributed by atoms with E-state index in [9.17, 15) is 0 Å². The molecule has 0 radical (unpaired) electrons. The summed E-state index contributed by atoms with van der Waals surface area (Å²) >= 11 is 0. The van der Waals surface area contributed by atoms with Crippen molar-refractivity contribution < 1.29 is 55.2 Å². The van der Waals surface area contributed by atoms with E-state index in [1.807, 2.05) is 0 Å². The third kappa shape index (κ3) is 41.5. The van der Waals surface area contributed by atoms with E-state index in [1.54, 1.807) is 0 Å². The molecule has 0 heterocycles. The molecule has 0 aliphatic heterocycles. The quantitative estimate of drug-likeness (QED) is 0.0825. The zero-order chi connectivity index (χ0) is 30.3. The van der Waals surface area contributed by atoms with Crippen LogP contribution in [-0.2, 0) is 23.2 Å². The Balaban J connectivity index is -0.000000618. The van der Waals surface area contributed by atoms with E-state index in [1.165, 1.54) is 152 Å². The van der Waals surface area contributed by atoms with Gasteiger partial charge in [-0.05, 0) is 36.8 Å². The Morgan fingerprint density at radius 2 is 0.628 bits per heavy atom. The van der Waals surface area contributed by atoms with Gasteiger partial charge in [0.1, 0.15) is 0 Å². The molecule has 2 rings (SSSR count). The van der Waals surface area contributed by atoms with E-state index in [-0.39, 0.29) is 37.7 Å². The van der Waals surface area contributed by atoms with Crippen molar-refractivity contribution in [3.63, 3.8) is 0 Å². The molecule has 7 heteroatoms. The van der Waals surface area contributed by atoms with E-state index >= 15 is 0 Å². The number of rotatable bonds is 22. The van der Waals surface area contributed by atoms with Gasteiger partial charge in [0.05, 0.1) is 0 Å². The van der Waals surface area contributed by atoms with Crippen LogP contribution >= 0.6 is 0 Å². The van der Waals surface area contributed by atoms with Gasteiger partial charge in [-0.1, -0.05) is 190 Å². The van der Waals surface area contributed by atoms with Crippen LogP contribution < -0.4 is 37.7 Å². The van der Waals surface area contributed by atoms with Crippen molar-refractivity contribution in [3.05, 3.63) is 71.8 Å². The van der Waals surface area contributed by atoms with E-state index in [4.69, 9.17) is 17.5 Å². The minimum Gasteiger partial charge on any atom is -0.759 e. The number of benzene rings is 2. The van der Waals surface area contributed by atoms with Crippen LogP contribution in [0.15, 0.2) is 60.7 Å². The molecule has 0 aromatic heterocycles. The first-order valence-corrected chi connectivity index (χ1v) is 17.9. The smallest absolute Gasteiger partial charge is 0.759 e. The fraction of sp³-hybridized carbons (Fsp3) is 0.667. The number of unbranched alkanes of at least 4 members (excludes halogenated alkanes) is 18. The van der Waals surface area contributed by atoms with Gasteiger partial charge in [0.15, 0.2) is 0 Å². The van der Waals surface area contributed by atoms with Crippen molar-refractivity contribution >= 4 is 10.4 Å². The normalized spacial score (nSPS) is 10.3. The molecule has 0 amide bonds. The Morgan fingerprint density at radius 3 is 0.860 bits per heavy atom. The summed E-state index contributed by atoms with van der Waals surface area (Å²) in [4.78, 5) is 0. The zero-order valence-electron chi connectivity index (χ0n) is 28.4. The largest absolute Gasteiger partial charge is 1.00 e. The molecule has 0 bridgehead atoms. The minimum atomic E-state index is -5.17. The molecule has 0 aliphatic carbocycles. The molecule has 43 heavy (non-hydrogen) atoms. The maximum atomic E-state index is 8.52. The second kappa shape index (κ2) is 36.0. The molecule has 0 fully saturated rings. The van der Waals surface area contributed by atoms with E-state index in [0.717, 1.165) is 0 Å². The first-order valence-electron chi connectivity index (χ1n) is 16.6. The maximum Gasteiger partial charge on any atom is 1.00 e. The molecule has 2 aromatic rings. The molecule has 0 atom stereocenters. The average molecular weight is 603 g/mol. The Morgan fingerprint density at radius 1 is 0.419 bits per heavy atom. The molecular formula is C36H60Li2O4S. The van der Waals surface area contributed by atoms with Crippen LogP contribution in [0, 0.1) is 0 Å². The van der Waals surface area contributed by atoms with Gasteiger partial charge in [-0.15, -0.1) is 0 Å². The second-order valence-corrected chi connectivity index (χ2v) is 12.1. The van der Waals surface area contributed by atoms with E-state index in [2.05, 4.69) is 74.5 Å². The molecule has 0 N–H and O–H groups in total. The zero-order valence-corrected chi connectivity index (χ0v) is 29.2. The summed E-state index contributed by atoms with van der Waals surface area (Å²) in [6, 6.07) is 21.8. The van der Waals surface area contributed by atoms with Crippen molar-refractivity contribution in [1.29, 1.82) is 0 Å². The molecule has 236 valence electrons. The first-order chi connectivity index (χ1) is 19.9. The average Bonchev–Trinajstić information content (AvgIpc) is 2.96. The van der Waals surface area contributed by atoms with Crippen LogP contribution in [0.2, 0.25) is 0 Å². The van der Waals surface area contributed by atoms with Gasteiger partial charge in [-0.25, -0.2) is 0 Å². The van der Waals surface area contributed by atoms with Crippen LogP contribution in [-0.4, -0.2) is 17.5 Å². The van der Waals surface area contributed by atoms with Gasteiger partial charge >= 0.3 is 37.7 Å². The minimum absolute atomic E-state index is 0. The molecule has 2 aromatic carbocycles. The van der Waals surface area contributed by atoms with Gasteiger partial charge in [-0.3, -0.25) is 8.42 Å². The number of hydrogen-bond donors (Lipinski definition) is 0. The first kappa shape index (κ1) is 46.9. The topological polar surface area (TPSA) is 80.3 Å². The fourth-order valence-electron chi connectivity index (χ4n) is 4.92. The van der Waals surface area contributed by atoms with Gasteiger partial charge in [0, 0.05) is 10.4 Å². The van der Waals surface area contributed by atoms with Crippen molar-refractivity contribution in [2.45, 2.75) is 155 Å². The SMILES string of the molecule is CCCCCCCCCCCCc1ccccc1.CCCCCCCCCCCCc1ccccc1.O=S(=O)([O-])[O-].[Li+].[Li+]. The van der Waals surface area contributed by atoms with Crippen LogP contribution in [0.1, 0.15) is 153 Å². The van der Waals surface area contributed by atoms with Crippen molar-refractivity contribution in [2.75, 3.05) is 0 Å². The Hall–Kier alpha value is -0.495.